The van der Waals surface area contributed by atoms with Crippen LogP contribution in [0.5, 0.6) is 0 Å². The number of fused-ring (bicyclic) bond motifs is 1. The van der Waals surface area contributed by atoms with E-state index in [2.05, 4.69) is 16.1 Å². The molecule has 1 aliphatic heterocycles. The molecule has 1 unspecified atom stereocenters. The van der Waals surface area contributed by atoms with Gasteiger partial charge in [0.15, 0.2) is 5.82 Å². The van der Waals surface area contributed by atoms with Gasteiger partial charge < -0.3 is 14.2 Å². The molecule has 2 rings (SSSR count). The van der Waals surface area contributed by atoms with Gasteiger partial charge in [-0.05, 0) is 6.42 Å². The van der Waals surface area contributed by atoms with E-state index < -0.39 is 18.2 Å². The molecule has 0 bridgehead atoms. The Kier molecular flexibility index (Phi) is 5.13. The van der Waals surface area contributed by atoms with Crippen molar-refractivity contribution >= 4 is 6.09 Å². The second kappa shape index (κ2) is 6.89. The Morgan fingerprint density at radius 3 is 2.91 bits per heavy atom. The summed E-state index contributed by atoms with van der Waals surface area (Å²) in [5, 5.41) is 7.80. The number of hydrogen-bond acceptors (Lipinski definition) is 4. The Balaban J connectivity index is 2.02. The monoisotopic (exact) mass is 330 g/mol. The number of aryl methyl sites for hydroxylation is 1. The van der Waals surface area contributed by atoms with Gasteiger partial charge in [-0.3, -0.25) is 0 Å². The highest BCUT2D eigenvalue weighted by Gasteiger charge is 2.42. The van der Waals surface area contributed by atoms with Gasteiger partial charge in [0.05, 0.1) is 12.5 Å². The van der Waals surface area contributed by atoms with E-state index in [1.165, 1.54) is 16.5 Å². The molecule has 1 atom stereocenters. The number of alkyl halides is 3. The van der Waals surface area contributed by atoms with Gasteiger partial charge in [-0.2, -0.15) is 13.2 Å². The summed E-state index contributed by atoms with van der Waals surface area (Å²) in [6.07, 6.45) is 0.716. The number of halogens is 3. The lowest BCUT2D eigenvalue weighted by Gasteiger charge is -2.26. The predicted molar refractivity (Wildman–Crippen MR) is 74.2 cm³/mol. The van der Waals surface area contributed by atoms with Crippen LogP contribution < -0.4 is 0 Å². The first-order valence-electron chi connectivity index (χ1n) is 7.12. The molecule has 6 nitrogen and oxygen atoms in total. The molecular weight excluding hydrogens is 313 g/mol. The van der Waals surface area contributed by atoms with Crippen molar-refractivity contribution in [3.63, 3.8) is 0 Å². The van der Waals surface area contributed by atoms with Crippen LogP contribution in [0.3, 0.4) is 0 Å². The number of rotatable bonds is 4. The maximum Gasteiger partial charge on any atom is 0.409 e. The van der Waals surface area contributed by atoms with Crippen molar-refractivity contribution in [2.24, 2.45) is 5.92 Å². The van der Waals surface area contributed by atoms with Crippen molar-refractivity contribution in [3.05, 3.63) is 11.6 Å². The average molecular weight is 330 g/mol. The van der Waals surface area contributed by atoms with Crippen molar-refractivity contribution in [1.29, 1.82) is 0 Å². The molecule has 0 radical (unpaired) electrons. The molecule has 1 aliphatic rings. The normalized spacial score (nSPS) is 17.3. The van der Waals surface area contributed by atoms with Crippen LogP contribution in [0.25, 0.3) is 0 Å². The molecule has 9 heteroatoms. The van der Waals surface area contributed by atoms with E-state index in [0.29, 0.717) is 18.1 Å². The summed E-state index contributed by atoms with van der Waals surface area (Å²) in [7, 11) is 1.48. The number of terminal acetylenes is 1. The van der Waals surface area contributed by atoms with Gasteiger partial charge in [0.1, 0.15) is 12.4 Å². The van der Waals surface area contributed by atoms with Crippen LogP contribution in [0.4, 0.5) is 18.0 Å². The molecule has 1 aromatic heterocycles. The molecule has 0 spiro atoms. The van der Waals surface area contributed by atoms with Crippen LogP contribution in [0.1, 0.15) is 24.5 Å². The minimum absolute atomic E-state index is 0.00556. The van der Waals surface area contributed by atoms with E-state index in [4.69, 9.17) is 11.2 Å². The number of ether oxygens (including phenoxy) is 1. The highest BCUT2D eigenvalue weighted by Crippen LogP contribution is 2.34. The largest absolute Gasteiger partial charge is 0.448 e. The third kappa shape index (κ3) is 4.15. The van der Waals surface area contributed by atoms with Crippen molar-refractivity contribution in [2.75, 3.05) is 13.7 Å². The Bertz CT molecular complexity index is 606. The fourth-order valence-corrected chi connectivity index (χ4v) is 2.35. The van der Waals surface area contributed by atoms with Gasteiger partial charge >= 0.3 is 12.3 Å². The summed E-state index contributed by atoms with van der Waals surface area (Å²) in [6, 6.07) is 0. The number of aromatic nitrogens is 3. The van der Waals surface area contributed by atoms with Gasteiger partial charge in [-0.25, -0.2) is 4.79 Å². The third-order valence-corrected chi connectivity index (χ3v) is 3.65. The lowest BCUT2D eigenvalue weighted by molar-refractivity contribution is -0.182. The lowest BCUT2D eigenvalue weighted by atomic mass is 9.99. The Hall–Kier alpha value is -2.24. The van der Waals surface area contributed by atoms with Gasteiger partial charge in [-0.15, -0.1) is 22.5 Å². The molecule has 0 saturated heterocycles. The van der Waals surface area contributed by atoms with Crippen LogP contribution in [-0.4, -0.2) is 45.6 Å². The van der Waals surface area contributed by atoms with E-state index in [-0.39, 0.29) is 32.5 Å². The summed E-state index contributed by atoms with van der Waals surface area (Å²) < 4.78 is 45.0. The van der Waals surface area contributed by atoms with E-state index >= 15 is 0 Å². The third-order valence-electron chi connectivity index (χ3n) is 3.65. The lowest BCUT2D eigenvalue weighted by Crippen LogP contribution is -2.34. The van der Waals surface area contributed by atoms with Gasteiger partial charge in [0.2, 0.25) is 0 Å². The Labute approximate surface area is 131 Å². The number of nitrogens with zero attached hydrogens (tertiary/aromatic N) is 4. The van der Waals surface area contributed by atoms with Crippen molar-refractivity contribution in [3.8, 4) is 12.3 Å². The highest BCUT2D eigenvalue weighted by molar-refractivity contribution is 5.67. The maximum atomic E-state index is 12.9. The molecule has 0 saturated carbocycles. The summed E-state index contributed by atoms with van der Waals surface area (Å²) in [6.45, 7) is -0.110. The molecule has 2 heterocycles. The summed E-state index contributed by atoms with van der Waals surface area (Å²) >= 11 is 0. The molecule has 0 N–H and O–H groups in total. The van der Waals surface area contributed by atoms with Crippen LogP contribution in [0.15, 0.2) is 0 Å². The fraction of sp³-hybridized carbons (Fsp3) is 0.643. The van der Waals surface area contributed by atoms with E-state index in [0.717, 1.165) is 0 Å². The minimum Gasteiger partial charge on any atom is -0.448 e. The predicted octanol–water partition coefficient (Wildman–Crippen LogP) is 1.99. The number of carbonyl (C=O) groups excluding carboxylic acids is 1. The van der Waals surface area contributed by atoms with Crippen LogP contribution in [-0.2, 0) is 24.2 Å². The van der Waals surface area contributed by atoms with E-state index in [9.17, 15) is 18.0 Å². The zero-order chi connectivity index (χ0) is 17.0. The zero-order valence-electron chi connectivity index (χ0n) is 12.6. The summed E-state index contributed by atoms with van der Waals surface area (Å²) in [4.78, 5) is 13.0. The molecule has 1 amide bonds. The molecule has 23 heavy (non-hydrogen) atoms. The highest BCUT2D eigenvalue weighted by atomic mass is 19.4. The zero-order valence-corrected chi connectivity index (χ0v) is 12.6. The number of carbonyl (C=O) groups is 1. The van der Waals surface area contributed by atoms with Crippen molar-refractivity contribution in [2.45, 2.75) is 38.5 Å². The van der Waals surface area contributed by atoms with Crippen molar-refractivity contribution in [1.82, 2.24) is 19.7 Å². The van der Waals surface area contributed by atoms with Gasteiger partial charge in [0, 0.05) is 26.4 Å². The molecule has 126 valence electrons. The molecule has 0 fully saturated rings. The average Bonchev–Trinajstić information content (AvgIpc) is 2.89. The molecule has 0 aliphatic carbocycles. The second-order valence-corrected chi connectivity index (χ2v) is 5.34. The topological polar surface area (TPSA) is 60.2 Å². The van der Waals surface area contributed by atoms with E-state index in [1.54, 1.807) is 0 Å². The first-order chi connectivity index (χ1) is 10.8. The van der Waals surface area contributed by atoms with E-state index in [1.807, 2.05) is 0 Å². The maximum absolute atomic E-state index is 12.9. The van der Waals surface area contributed by atoms with Crippen molar-refractivity contribution < 1.29 is 22.7 Å². The standard InChI is InChI=1S/C14H17F3N4O2/c1-3-4-7-23-13(22)20(2)9-12-19-18-11-6-5-10(8-21(11)12)14(15,16)17/h1,10H,4-9H2,2H3. The van der Waals surface area contributed by atoms with Crippen LogP contribution in [0.2, 0.25) is 0 Å². The quantitative estimate of drug-likeness (QED) is 0.626. The van der Waals surface area contributed by atoms with Gasteiger partial charge in [-0.1, -0.05) is 0 Å². The second-order valence-electron chi connectivity index (χ2n) is 5.34. The fourth-order valence-electron chi connectivity index (χ4n) is 2.35. The summed E-state index contributed by atoms with van der Waals surface area (Å²) in [5.74, 6) is 1.74. The first kappa shape index (κ1) is 17.1. The van der Waals surface area contributed by atoms with Crippen LogP contribution in [0, 0.1) is 18.3 Å². The Morgan fingerprint density at radius 2 is 2.26 bits per heavy atom. The Morgan fingerprint density at radius 1 is 1.52 bits per heavy atom. The summed E-state index contributed by atoms with van der Waals surface area (Å²) in [5.41, 5.74) is 0. The SMILES string of the molecule is C#CCCOC(=O)N(C)Cc1nnc2n1CC(C(F)(F)F)CC2. The number of hydrogen-bond donors (Lipinski definition) is 0. The molecular formula is C14H17F3N4O2. The smallest absolute Gasteiger partial charge is 0.409 e. The first-order valence-corrected chi connectivity index (χ1v) is 7.12. The van der Waals surface area contributed by atoms with Crippen LogP contribution >= 0.6 is 0 Å². The molecule has 1 aromatic rings. The van der Waals surface area contributed by atoms with Gasteiger partial charge in [0.25, 0.3) is 0 Å². The number of amides is 1. The molecule has 0 aromatic carbocycles. The minimum atomic E-state index is -4.25.